The Labute approximate surface area is 80.8 Å². The van der Waals surface area contributed by atoms with Crippen LogP contribution in [-0.2, 0) is 19.1 Å². The van der Waals surface area contributed by atoms with Gasteiger partial charge in [0.2, 0.25) is 6.08 Å². The summed E-state index contributed by atoms with van der Waals surface area (Å²) in [5.74, 6) is -1.29. The number of ketones is 1. The van der Waals surface area contributed by atoms with Crippen molar-refractivity contribution < 1.29 is 19.1 Å². The van der Waals surface area contributed by atoms with Gasteiger partial charge in [-0.05, 0) is 6.08 Å². The quantitative estimate of drug-likeness (QED) is 0.262. The summed E-state index contributed by atoms with van der Waals surface area (Å²) in [6.07, 6.45) is 2.01. The van der Waals surface area contributed by atoms with Crippen LogP contribution in [0.15, 0.2) is 30.3 Å². The summed E-state index contributed by atoms with van der Waals surface area (Å²) in [7, 11) is 0. The van der Waals surface area contributed by atoms with Gasteiger partial charge in [-0.1, -0.05) is 13.2 Å². The molecule has 1 atom stereocenters. The molecule has 0 fully saturated rings. The Kier molecular flexibility index (Phi) is 5.58. The standard InChI is InChI=1S/C9H9NO4/c1-3-7(12)8(5-10-6-11)14-9(13)4-2/h3-4,8H,1-2,5H2. The van der Waals surface area contributed by atoms with Gasteiger partial charge in [0, 0.05) is 6.08 Å². The summed E-state index contributed by atoms with van der Waals surface area (Å²) in [6.45, 7) is 6.12. The average Bonchev–Trinajstić information content (AvgIpc) is 2.22. The van der Waals surface area contributed by atoms with E-state index in [1.54, 1.807) is 0 Å². The third-order valence-electron chi connectivity index (χ3n) is 1.27. The molecular formula is C9H9NO4. The van der Waals surface area contributed by atoms with E-state index in [9.17, 15) is 14.4 Å². The molecule has 0 saturated heterocycles. The molecule has 0 amide bonds. The van der Waals surface area contributed by atoms with Crippen molar-refractivity contribution in [3.05, 3.63) is 25.3 Å². The number of nitrogens with zero attached hydrogens (tertiary/aromatic N) is 1. The largest absolute Gasteiger partial charge is 0.449 e. The van der Waals surface area contributed by atoms with Crippen LogP contribution < -0.4 is 0 Å². The minimum absolute atomic E-state index is 0.256. The zero-order valence-electron chi connectivity index (χ0n) is 7.43. The molecule has 5 heteroatoms. The highest BCUT2D eigenvalue weighted by Crippen LogP contribution is 1.97. The summed E-state index contributed by atoms with van der Waals surface area (Å²) < 4.78 is 4.60. The molecule has 74 valence electrons. The summed E-state index contributed by atoms with van der Waals surface area (Å²) in [4.78, 5) is 34.7. The Morgan fingerprint density at radius 1 is 1.43 bits per heavy atom. The van der Waals surface area contributed by atoms with E-state index in [0.717, 1.165) is 12.2 Å². The molecule has 0 heterocycles. The van der Waals surface area contributed by atoms with Crippen LogP contribution in [0.1, 0.15) is 0 Å². The van der Waals surface area contributed by atoms with Crippen molar-refractivity contribution in [1.29, 1.82) is 0 Å². The predicted octanol–water partition coefficient (Wildman–Crippen LogP) is 0.175. The molecule has 0 N–H and O–H groups in total. The minimum atomic E-state index is -1.13. The fourth-order valence-corrected chi connectivity index (χ4v) is 0.625. The van der Waals surface area contributed by atoms with Crippen LogP contribution in [0.4, 0.5) is 0 Å². The molecule has 0 aromatic heterocycles. The van der Waals surface area contributed by atoms with E-state index in [4.69, 9.17) is 0 Å². The van der Waals surface area contributed by atoms with E-state index >= 15 is 0 Å². The molecule has 0 rings (SSSR count). The summed E-state index contributed by atoms with van der Waals surface area (Å²) in [5.41, 5.74) is 0. The maximum absolute atomic E-state index is 11.0. The Bertz CT molecular complexity index is 302. The molecule has 0 bridgehead atoms. The third-order valence-corrected chi connectivity index (χ3v) is 1.27. The number of isocyanates is 1. The first-order chi connectivity index (χ1) is 6.65. The summed E-state index contributed by atoms with van der Waals surface area (Å²) in [5, 5.41) is 0. The number of carbonyl (C=O) groups excluding carboxylic acids is 3. The van der Waals surface area contributed by atoms with Gasteiger partial charge >= 0.3 is 5.97 Å². The minimum Gasteiger partial charge on any atom is -0.449 e. The lowest BCUT2D eigenvalue weighted by Crippen LogP contribution is -2.28. The number of aliphatic imine (C=N–C) groups is 1. The summed E-state index contributed by atoms with van der Waals surface area (Å²) >= 11 is 0. The summed E-state index contributed by atoms with van der Waals surface area (Å²) in [6, 6.07) is 0. The molecule has 0 aliphatic heterocycles. The molecule has 0 spiro atoms. The first-order valence-electron chi connectivity index (χ1n) is 3.68. The number of esters is 1. The lowest BCUT2D eigenvalue weighted by Gasteiger charge is -2.10. The van der Waals surface area contributed by atoms with Gasteiger partial charge in [0.05, 0.1) is 6.54 Å². The van der Waals surface area contributed by atoms with Crippen LogP contribution in [0, 0.1) is 0 Å². The van der Waals surface area contributed by atoms with Gasteiger partial charge in [0.15, 0.2) is 11.9 Å². The van der Waals surface area contributed by atoms with E-state index in [0.29, 0.717) is 0 Å². The molecule has 0 aliphatic carbocycles. The Morgan fingerprint density at radius 3 is 2.50 bits per heavy atom. The molecule has 0 aliphatic rings. The van der Waals surface area contributed by atoms with Crippen molar-refractivity contribution >= 4 is 17.8 Å². The second-order valence-corrected chi connectivity index (χ2v) is 2.17. The van der Waals surface area contributed by atoms with Gasteiger partial charge in [0.1, 0.15) is 0 Å². The monoisotopic (exact) mass is 195 g/mol. The van der Waals surface area contributed by atoms with Gasteiger partial charge in [0.25, 0.3) is 0 Å². The van der Waals surface area contributed by atoms with E-state index in [-0.39, 0.29) is 6.54 Å². The molecule has 0 aromatic rings. The van der Waals surface area contributed by atoms with E-state index in [1.165, 1.54) is 6.08 Å². The number of hydrogen-bond acceptors (Lipinski definition) is 5. The van der Waals surface area contributed by atoms with Crippen LogP contribution in [0.25, 0.3) is 0 Å². The van der Waals surface area contributed by atoms with E-state index < -0.39 is 17.9 Å². The van der Waals surface area contributed by atoms with E-state index in [1.807, 2.05) is 0 Å². The topological polar surface area (TPSA) is 72.8 Å². The zero-order chi connectivity index (χ0) is 11.0. The highest BCUT2D eigenvalue weighted by atomic mass is 16.5. The number of rotatable bonds is 6. The van der Waals surface area contributed by atoms with Gasteiger partial charge < -0.3 is 4.74 Å². The first kappa shape index (κ1) is 12.0. The molecule has 0 saturated carbocycles. The smallest absolute Gasteiger partial charge is 0.330 e. The Hall–Kier alpha value is -2.00. The number of carbonyl (C=O) groups is 2. The molecule has 5 nitrogen and oxygen atoms in total. The molecular weight excluding hydrogens is 186 g/mol. The number of ether oxygens (including phenoxy) is 1. The number of hydrogen-bond donors (Lipinski definition) is 0. The zero-order valence-corrected chi connectivity index (χ0v) is 7.43. The maximum Gasteiger partial charge on any atom is 0.330 e. The van der Waals surface area contributed by atoms with Crippen molar-refractivity contribution in [3.8, 4) is 0 Å². The van der Waals surface area contributed by atoms with Crippen LogP contribution in [0.5, 0.6) is 0 Å². The molecule has 0 radical (unpaired) electrons. The van der Waals surface area contributed by atoms with Crippen molar-refractivity contribution in [3.63, 3.8) is 0 Å². The highest BCUT2D eigenvalue weighted by molar-refractivity contribution is 5.95. The Balaban J connectivity index is 4.45. The maximum atomic E-state index is 11.0. The average molecular weight is 195 g/mol. The van der Waals surface area contributed by atoms with Crippen molar-refractivity contribution in [2.75, 3.05) is 6.54 Å². The second-order valence-electron chi connectivity index (χ2n) is 2.17. The van der Waals surface area contributed by atoms with Crippen molar-refractivity contribution in [2.45, 2.75) is 6.10 Å². The van der Waals surface area contributed by atoms with Crippen molar-refractivity contribution in [2.24, 2.45) is 4.99 Å². The second kappa shape index (κ2) is 6.51. The fraction of sp³-hybridized carbons (Fsp3) is 0.222. The lowest BCUT2D eigenvalue weighted by molar-refractivity contribution is -0.148. The molecule has 1 unspecified atom stereocenters. The highest BCUT2D eigenvalue weighted by Gasteiger charge is 2.18. The van der Waals surface area contributed by atoms with Crippen LogP contribution in [0.3, 0.4) is 0 Å². The SMILES string of the molecule is C=CC(=O)OC(CN=C=O)C(=O)C=C. The fourth-order valence-electron chi connectivity index (χ4n) is 0.625. The van der Waals surface area contributed by atoms with Crippen LogP contribution in [0.2, 0.25) is 0 Å². The van der Waals surface area contributed by atoms with Crippen molar-refractivity contribution in [1.82, 2.24) is 0 Å². The molecule has 0 aromatic carbocycles. The van der Waals surface area contributed by atoms with Gasteiger partial charge in [-0.15, -0.1) is 0 Å². The third kappa shape index (κ3) is 4.13. The first-order valence-corrected chi connectivity index (χ1v) is 3.68. The van der Waals surface area contributed by atoms with Crippen LogP contribution in [-0.4, -0.2) is 30.5 Å². The Morgan fingerprint density at radius 2 is 2.07 bits per heavy atom. The van der Waals surface area contributed by atoms with Gasteiger partial charge in [-0.2, -0.15) is 0 Å². The van der Waals surface area contributed by atoms with Crippen LogP contribution >= 0.6 is 0 Å². The van der Waals surface area contributed by atoms with Gasteiger partial charge in [-0.25, -0.2) is 14.6 Å². The van der Waals surface area contributed by atoms with E-state index in [2.05, 4.69) is 22.9 Å². The normalized spacial score (nSPS) is 10.6. The molecule has 14 heavy (non-hydrogen) atoms. The predicted molar refractivity (Wildman–Crippen MR) is 48.3 cm³/mol. The lowest BCUT2D eigenvalue weighted by atomic mass is 10.2. The van der Waals surface area contributed by atoms with Gasteiger partial charge in [-0.3, -0.25) is 4.79 Å².